The van der Waals surface area contributed by atoms with Gasteiger partial charge in [0.05, 0.1) is 18.7 Å². The van der Waals surface area contributed by atoms with E-state index in [1.807, 2.05) is 13.8 Å². The Morgan fingerprint density at radius 1 is 1.73 bits per heavy atom. The lowest BCUT2D eigenvalue weighted by Gasteiger charge is -2.21. The standard InChI is InChI=1S/C10H14N2O3/c1-6-4-11-10(15-6)7(2)12-5-8(13)3-9(12)14/h4,7-8,13H,3,5H2,1-2H3. The molecule has 0 spiro atoms. The molecule has 5 heteroatoms. The maximum Gasteiger partial charge on any atom is 0.226 e. The van der Waals surface area contributed by atoms with Gasteiger partial charge in [0.15, 0.2) is 0 Å². The van der Waals surface area contributed by atoms with Gasteiger partial charge in [-0.15, -0.1) is 0 Å². The topological polar surface area (TPSA) is 66.6 Å². The van der Waals surface area contributed by atoms with Crippen molar-refractivity contribution in [2.45, 2.75) is 32.4 Å². The number of aromatic nitrogens is 1. The van der Waals surface area contributed by atoms with E-state index in [4.69, 9.17) is 4.42 Å². The first-order chi connectivity index (χ1) is 7.08. The van der Waals surface area contributed by atoms with Crippen LogP contribution in [0.2, 0.25) is 0 Å². The number of β-amino-alcohol motifs (C(OH)–C–C–N with tert-alkyl or cyclic N) is 1. The Morgan fingerprint density at radius 3 is 2.93 bits per heavy atom. The number of hydrogen-bond donors (Lipinski definition) is 1. The minimum atomic E-state index is -0.559. The summed E-state index contributed by atoms with van der Waals surface area (Å²) in [5.74, 6) is 1.20. The third-order valence-electron chi connectivity index (χ3n) is 2.60. The second kappa shape index (κ2) is 3.66. The van der Waals surface area contributed by atoms with E-state index in [-0.39, 0.29) is 18.4 Å². The van der Waals surface area contributed by atoms with E-state index >= 15 is 0 Å². The largest absolute Gasteiger partial charge is 0.444 e. The van der Waals surface area contributed by atoms with Crippen molar-refractivity contribution in [3.63, 3.8) is 0 Å². The number of amides is 1. The molecular weight excluding hydrogens is 196 g/mol. The average molecular weight is 210 g/mol. The summed E-state index contributed by atoms with van der Waals surface area (Å²) in [5.41, 5.74) is 0. The molecule has 82 valence electrons. The van der Waals surface area contributed by atoms with Crippen LogP contribution in [0.3, 0.4) is 0 Å². The highest BCUT2D eigenvalue weighted by atomic mass is 16.4. The van der Waals surface area contributed by atoms with E-state index in [1.54, 1.807) is 11.1 Å². The molecule has 2 unspecified atom stereocenters. The van der Waals surface area contributed by atoms with Crippen molar-refractivity contribution >= 4 is 5.91 Å². The first kappa shape index (κ1) is 10.2. The van der Waals surface area contributed by atoms with Gasteiger partial charge < -0.3 is 14.4 Å². The van der Waals surface area contributed by atoms with Crippen molar-refractivity contribution in [1.82, 2.24) is 9.88 Å². The van der Waals surface area contributed by atoms with E-state index < -0.39 is 6.10 Å². The Hall–Kier alpha value is -1.36. The van der Waals surface area contributed by atoms with Crippen molar-refractivity contribution in [2.24, 2.45) is 0 Å². The zero-order chi connectivity index (χ0) is 11.0. The van der Waals surface area contributed by atoms with Gasteiger partial charge in [-0.3, -0.25) is 4.79 Å². The van der Waals surface area contributed by atoms with Gasteiger partial charge in [0.25, 0.3) is 0 Å². The quantitative estimate of drug-likeness (QED) is 0.777. The van der Waals surface area contributed by atoms with Crippen molar-refractivity contribution in [2.75, 3.05) is 6.54 Å². The van der Waals surface area contributed by atoms with Crippen LogP contribution in [0, 0.1) is 6.92 Å². The lowest BCUT2D eigenvalue weighted by atomic mass is 10.3. The number of likely N-dealkylation sites (tertiary alicyclic amines) is 1. The van der Waals surface area contributed by atoms with Crippen LogP contribution in [0.4, 0.5) is 0 Å². The zero-order valence-electron chi connectivity index (χ0n) is 8.80. The van der Waals surface area contributed by atoms with Crippen LogP contribution >= 0.6 is 0 Å². The second-order valence-corrected chi connectivity index (χ2v) is 3.89. The number of carbonyl (C=O) groups excluding carboxylic acids is 1. The van der Waals surface area contributed by atoms with Crippen LogP contribution < -0.4 is 0 Å². The Labute approximate surface area is 87.7 Å². The van der Waals surface area contributed by atoms with Crippen molar-refractivity contribution in [1.29, 1.82) is 0 Å². The lowest BCUT2D eigenvalue weighted by molar-refractivity contribution is -0.129. The van der Waals surface area contributed by atoms with E-state index in [1.165, 1.54) is 0 Å². The van der Waals surface area contributed by atoms with E-state index in [2.05, 4.69) is 4.98 Å². The Balaban J connectivity index is 2.14. The molecule has 5 nitrogen and oxygen atoms in total. The van der Waals surface area contributed by atoms with Crippen molar-refractivity contribution < 1.29 is 14.3 Å². The number of aliphatic hydroxyl groups excluding tert-OH is 1. The Kier molecular flexibility index (Phi) is 2.48. The molecule has 0 saturated carbocycles. The van der Waals surface area contributed by atoms with E-state index in [9.17, 15) is 9.90 Å². The predicted octanol–water partition coefficient (Wildman–Crippen LogP) is 0.637. The molecule has 1 saturated heterocycles. The Morgan fingerprint density at radius 2 is 2.47 bits per heavy atom. The van der Waals surface area contributed by atoms with Gasteiger partial charge in [-0.1, -0.05) is 0 Å². The third-order valence-corrected chi connectivity index (χ3v) is 2.60. The van der Waals surface area contributed by atoms with Crippen molar-refractivity contribution in [3.8, 4) is 0 Å². The van der Waals surface area contributed by atoms with Gasteiger partial charge in [0, 0.05) is 6.54 Å². The summed E-state index contributed by atoms with van der Waals surface area (Å²) >= 11 is 0. The molecule has 0 aliphatic carbocycles. The third kappa shape index (κ3) is 1.87. The van der Waals surface area contributed by atoms with Gasteiger partial charge in [0.2, 0.25) is 11.8 Å². The lowest BCUT2D eigenvalue weighted by Crippen LogP contribution is -2.29. The fraction of sp³-hybridized carbons (Fsp3) is 0.600. The van der Waals surface area contributed by atoms with Gasteiger partial charge in [-0.2, -0.15) is 0 Å². The average Bonchev–Trinajstić information content (AvgIpc) is 2.71. The molecule has 2 atom stereocenters. The first-order valence-corrected chi connectivity index (χ1v) is 4.98. The van der Waals surface area contributed by atoms with Crippen LogP contribution in [-0.2, 0) is 4.79 Å². The fourth-order valence-electron chi connectivity index (χ4n) is 1.78. The van der Waals surface area contributed by atoms with Gasteiger partial charge >= 0.3 is 0 Å². The summed E-state index contributed by atoms with van der Waals surface area (Å²) in [6.45, 7) is 4.02. The number of hydrogen-bond acceptors (Lipinski definition) is 4. The molecule has 1 aromatic rings. The number of carbonyl (C=O) groups is 1. The van der Waals surface area contributed by atoms with Crippen LogP contribution in [0.1, 0.15) is 31.0 Å². The number of rotatable bonds is 2. The summed E-state index contributed by atoms with van der Waals surface area (Å²) in [7, 11) is 0. The second-order valence-electron chi connectivity index (χ2n) is 3.89. The SMILES string of the molecule is Cc1cnc(C(C)N2CC(O)CC2=O)o1. The molecule has 1 aliphatic heterocycles. The van der Waals surface area contributed by atoms with Crippen LogP contribution in [0.5, 0.6) is 0 Å². The highest BCUT2D eigenvalue weighted by molar-refractivity contribution is 5.79. The summed E-state index contributed by atoms with van der Waals surface area (Å²) in [6.07, 6.45) is 1.27. The highest BCUT2D eigenvalue weighted by Crippen LogP contribution is 2.25. The van der Waals surface area contributed by atoms with E-state index in [0.717, 1.165) is 5.76 Å². The number of nitrogens with zero attached hydrogens (tertiary/aromatic N) is 2. The van der Waals surface area contributed by atoms with E-state index in [0.29, 0.717) is 12.4 Å². The molecule has 15 heavy (non-hydrogen) atoms. The maximum absolute atomic E-state index is 11.5. The molecule has 1 amide bonds. The fourth-order valence-corrected chi connectivity index (χ4v) is 1.78. The molecule has 0 aromatic carbocycles. The van der Waals surface area contributed by atoms with Crippen LogP contribution in [0.25, 0.3) is 0 Å². The number of aryl methyl sites for hydroxylation is 1. The maximum atomic E-state index is 11.5. The number of aliphatic hydroxyl groups is 1. The molecular formula is C10H14N2O3. The summed E-state index contributed by atoms with van der Waals surface area (Å²) < 4.78 is 5.35. The molecule has 1 fully saturated rings. The monoisotopic (exact) mass is 210 g/mol. The highest BCUT2D eigenvalue weighted by Gasteiger charge is 2.33. The smallest absolute Gasteiger partial charge is 0.226 e. The predicted molar refractivity (Wildman–Crippen MR) is 52.0 cm³/mol. The van der Waals surface area contributed by atoms with Gasteiger partial charge in [-0.05, 0) is 13.8 Å². The molecule has 1 N–H and O–H groups in total. The minimum absolute atomic E-state index is 0.0501. The Bertz CT molecular complexity index is 374. The van der Waals surface area contributed by atoms with Crippen LogP contribution in [0.15, 0.2) is 10.6 Å². The van der Waals surface area contributed by atoms with Crippen LogP contribution in [-0.4, -0.2) is 33.5 Å². The molecule has 0 radical (unpaired) electrons. The summed E-state index contributed by atoms with van der Waals surface area (Å²) in [6, 6.07) is -0.205. The summed E-state index contributed by atoms with van der Waals surface area (Å²) in [4.78, 5) is 17.2. The molecule has 1 aliphatic rings. The number of oxazole rings is 1. The molecule has 2 rings (SSSR count). The molecule has 2 heterocycles. The molecule has 1 aromatic heterocycles. The molecule has 0 bridgehead atoms. The van der Waals surface area contributed by atoms with Gasteiger partial charge in [-0.25, -0.2) is 4.98 Å². The van der Waals surface area contributed by atoms with Gasteiger partial charge in [0.1, 0.15) is 11.8 Å². The first-order valence-electron chi connectivity index (χ1n) is 4.98. The minimum Gasteiger partial charge on any atom is -0.444 e. The summed E-state index contributed by atoms with van der Waals surface area (Å²) in [5, 5.41) is 9.36. The zero-order valence-corrected chi connectivity index (χ0v) is 8.80. The van der Waals surface area contributed by atoms with Crippen molar-refractivity contribution in [3.05, 3.63) is 17.8 Å². The normalized spacial score (nSPS) is 23.5.